The zero-order chi connectivity index (χ0) is 15.4. The van der Waals surface area contributed by atoms with E-state index in [2.05, 4.69) is 75.3 Å². The Balaban J connectivity index is 5.29. The highest BCUT2D eigenvalue weighted by molar-refractivity contribution is 6.54. The fourth-order valence-electron chi connectivity index (χ4n) is 1.73. The summed E-state index contributed by atoms with van der Waals surface area (Å²) in [5, 5.41) is 1.37. The Morgan fingerprint density at radius 1 is 0.842 bits per heavy atom. The minimum atomic E-state index is -1.85. The van der Waals surface area contributed by atoms with Crippen molar-refractivity contribution in [1.29, 1.82) is 0 Å². The van der Waals surface area contributed by atoms with E-state index in [-0.39, 0.29) is 11.2 Å². The average molecular weight is 287 g/mol. The second-order valence-electron chi connectivity index (χ2n) is 7.86. The lowest BCUT2D eigenvalue weighted by atomic mass is 10.1. The van der Waals surface area contributed by atoms with Crippen LogP contribution in [-0.4, -0.2) is 20.5 Å². The van der Waals surface area contributed by atoms with Crippen LogP contribution in [0.15, 0.2) is 11.3 Å². The number of allylic oxidation sites excluding steroid dienone is 2. The fraction of sp³-hybridized carbons (Fsp3) is 0.875. The highest BCUT2D eigenvalue weighted by Crippen LogP contribution is 2.25. The van der Waals surface area contributed by atoms with E-state index in [0.29, 0.717) is 11.8 Å². The van der Waals surface area contributed by atoms with Crippen LogP contribution in [0.3, 0.4) is 0 Å². The van der Waals surface area contributed by atoms with E-state index in [0.717, 1.165) is 0 Å². The summed E-state index contributed by atoms with van der Waals surface area (Å²) in [7, 11) is -1.85. The summed E-state index contributed by atoms with van der Waals surface area (Å²) in [6, 6.07) is 0. The van der Waals surface area contributed by atoms with Gasteiger partial charge >= 0.3 is 9.28 Å². The van der Waals surface area contributed by atoms with Crippen molar-refractivity contribution in [2.45, 2.75) is 80.4 Å². The summed E-state index contributed by atoms with van der Waals surface area (Å²) in [5.41, 5.74) is -0.319. The standard InChI is InChI=1S/C16H34O2Si/c1-12(2)11-14(13(3)4)19(17-15(5,6)7)18-16(8,9)10/h11-13,19H,1-10H3. The van der Waals surface area contributed by atoms with Gasteiger partial charge in [-0.2, -0.15) is 0 Å². The molecule has 0 aliphatic heterocycles. The molecule has 0 aromatic carbocycles. The second kappa shape index (κ2) is 7.05. The third-order valence-electron chi connectivity index (χ3n) is 2.39. The summed E-state index contributed by atoms with van der Waals surface area (Å²) in [6.07, 6.45) is 2.33. The normalized spacial score (nSPS) is 14.9. The predicted molar refractivity (Wildman–Crippen MR) is 86.6 cm³/mol. The molecule has 0 aliphatic rings. The van der Waals surface area contributed by atoms with Crippen molar-refractivity contribution in [1.82, 2.24) is 0 Å². The van der Waals surface area contributed by atoms with Crippen LogP contribution in [0, 0.1) is 11.8 Å². The molecule has 0 atom stereocenters. The smallest absolute Gasteiger partial charge is 0.352 e. The molecule has 0 rings (SSSR count). The summed E-state index contributed by atoms with van der Waals surface area (Å²) >= 11 is 0. The Morgan fingerprint density at radius 2 is 1.21 bits per heavy atom. The molecule has 0 aromatic heterocycles. The first-order chi connectivity index (χ1) is 8.32. The van der Waals surface area contributed by atoms with Crippen LogP contribution >= 0.6 is 0 Å². The molecule has 0 unspecified atom stereocenters. The summed E-state index contributed by atoms with van der Waals surface area (Å²) in [4.78, 5) is 0. The van der Waals surface area contributed by atoms with Crippen LogP contribution in [0.5, 0.6) is 0 Å². The molecule has 114 valence electrons. The number of hydrogen-bond donors (Lipinski definition) is 0. The van der Waals surface area contributed by atoms with Gasteiger partial charge < -0.3 is 8.85 Å². The molecule has 19 heavy (non-hydrogen) atoms. The Labute approximate surface area is 122 Å². The third-order valence-corrected chi connectivity index (χ3v) is 5.63. The van der Waals surface area contributed by atoms with E-state index in [1.165, 1.54) is 5.20 Å². The number of rotatable bonds is 5. The molecule has 0 fully saturated rings. The molecule has 3 heteroatoms. The zero-order valence-electron chi connectivity index (χ0n) is 14.6. The molecule has 0 saturated heterocycles. The second-order valence-corrected chi connectivity index (χ2v) is 9.66. The average Bonchev–Trinajstić information content (AvgIpc) is 2.07. The molecule has 0 aromatic rings. The van der Waals surface area contributed by atoms with Gasteiger partial charge in [0.05, 0.1) is 11.2 Å². The van der Waals surface area contributed by atoms with E-state index in [1.807, 2.05) is 0 Å². The fourth-order valence-corrected chi connectivity index (χ4v) is 4.42. The molecule has 0 N–H and O–H groups in total. The minimum absolute atomic E-state index is 0.160. The summed E-state index contributed by atoms with van der Waals surface area (Å²) in [5.74, 6) is 1.00. The van der Waals surface area contributed by atoms with Gasteiger partial charge in [0, 0.05) is 0 Å². The first kappa shape index (κ1) is 18.9. The zero-order valence-corrected chi connectivity index (χ0v) is 15.8. The molecule has 0 heterocycles. The Hall–Kier alpha value is -0.123. The molecule has 0 bridgehead atoms. The maximum atomic E-state index is 6.29. The molecule has 0 aliphatic carbocycles. The first-order valence-electron chi connectivity index (χ1n) is 7.39. The predicted octanol–water partition coefficient (Wildman–Crippen LogP) is 4.61. The van der Waals surface area contributed by atoms with Gasteiger partial charge in [-0.05, 0) is 58.6 Å². The monoisotopic (exact) mass is 286 g/mol. The van der Waals surface area contributed by atoms with Crippen LogP contribution < -0.4 is 0 Å². The topological polar surface area (TPSA) is 18.5 Å². The Morgan fingerprint density at radius 3 is 1.42 bits per heavy atom. The molecule has 0 spiro atoms. The van der Waals surface area contributed by atoms with Gasteiger partial charge in [0.2, 0.25) is 0 Å². The van der Waals surface area contributed by atoms with Crippen LogP contribution in [-0.2, 0) is 8.85 Å². The van der Waals surface area contributed by atoms with Crippen molar-refractivity contribution in [3.8, 4) is 0 Å². The molecule has 2 nitrogen and oxygen atoms in total. The Kier molecular flexibility index (Phi) is 7.00. The van der Waals surface area contributed by atoms with Gasteiger partial charge in [-0.25, -0.2) is 0 Å². The largest absolute Gasteiger partial charge is 0.388 e. The van der Waals surface area contributed by atoms with Gasteiger partial charge in [0.15, 0.2) is 0 Å². The highest BCUT2D eigenvalue weighted by Gasteiger charge is 2.31. The lowest BCUT2D eigenvalue weighted by molar-refractivity contribution is 0.0372. The van der Waals surface area contributed by atoms with Crippen molar-refractivity contribution in [2.75, 3.05) is 0 Å². The van der Waals surface area contributed by atoms with Crippen molar-refractivity contribution < 1.29 is 8.85 Å². The van der Waals surface area contributed by atoms with Crippen molar-refractivity contribution in [2.24, 2.45) is 11.8 Å². The molecule has 0 saturated carbocycles. The van der Waals surface area contributed by atoms with Gasteiger partial charge in [-0.1, -0.05) is 33.8 Å². The van der Waals surface area contributed by atoms with Gasteiger partial charge in [-0.3, -0.25) is 0 Å². The van der Waals surface area contributed by atoms with Gasteiger partial charge in [0.1, 0.15) is 0 Å². The van der Waals surface area contributed by atoms with Crippen LogP contribution in [0.2, 0.25) is 0 Å². The maximum Gasteiger partial charge on any atom is 0.352 e. The summed E-state index contributed by atoms with van der Waals surface area (Å²) < 4.78 is 12.6. The summed E-state index contributed by atoms with van der Waals surface area (Å²) in [6.45, 7) is 21.5. The van der Waals surface area contributed by atoms with Crippen molar-refractivity contribution in [3.63, 3.8) is 0 Å². The maximum absolute atomic E-state index is 6.29. The van der Waals surface area contributed by atoms with Gasteiger partial charge in [-0.15, -0.1) is 0 Å². The quantitative estimate of drug-likeness (QED) is 0.687. The molecule has 0 amide bonds. The number of hydrogen-bond acceptors (Lipinski definition) is 2. The van der Waals surface area contributed by atoms with Crippen LogP contribution in [0.4, 0.5) is 0 Å². The SMILES string of the molecule is CC(C)C=C(C(C)C)[SiH](OC(C)(C)C)OC(C)(C)C. The van der Waals surface area contributed by atoms with E-state index in [4.69, 9.17) is 8.85 Å². The van der Waals surface area contributed by atoms with E-state index in [9.17, 15) is 0 Å². The molecular formula is C16H34O2Si. The van der Waals surface area contributed by atoms with E-state index in [1.54, 1.807) is 0 Å². The highest BCUT2D eigenvalue weighted by atomic mass is 28.3. The molecular weight excluding hydrogens is 252 g/mol. The van der Waals surface area contributed by atoms with E-state index >= 15 is 0 Å². The van der Waals surface area contributed by atoms with Crippen molar-refractivity contribution in [3.05, 3.63) is 11.3 Å². The van der Waals surface area contributed by atoms with Crippen LogP contribution in [0.1, 0.15) is 69.2 Å². The lowest BCUT2D eigenvalue weighted by Crippen LogP contribution is -2.41. The first-order valence-corrected chi connectivity index (χ1v) is 8.91. The van der Waals surface area contributed by atoms with Gasteiger partial charge in [0.25, 0.3) is 0 Å². The molecule has 0 radical (unpaired) electrons. The van der Waals surface area contributed by atoms with Crippen LogP contribution in [0.25, 0.3) is 0 Å². The Bertz CT molecular complexity index is 277. The lowest BCUT2D eigenvalue weighted by Gasteiger charge is -2.34. The van der Waals surface area contributed by atoms with E-state index < -0.39 is 9.28 Å². The van der Waals surface area contributed by atoms with Crippen molar-refractivity contribution >= 4 is 9.28 Å². The minimum Gasteiger partial charge on any atom is -0.388 e. The third kappa shape index (κ3) is 9.42.